The van der Waals surface area contributed by atoms with Crippen molar-refractivity contribution in [2.75, 3.05) is 17.7 Å². The molecule has 25 heavy (non-hydrogen) atoms. The molecule has 4 nitrogen and oxygen atoms in total. The number of thioether (sulfide) groups is 1. The molecule has 0 unspecified atom stereocenters. The van der Waals surface area contributed by atoms with Gasteiger partial charge in [-0.1, -0.05) is 29.8 Å². The summed E-state index contributed by atoms with van der Waals surface area (Å²) in [7, 11) is 0. The molecule has 0 saturated carbocycles. The fraction of sp³-hybridized carbons (Fsp3) is 0.263. The Kier molecular flexibility index (Phi) is 4.21. The molecular formula is C19H17ClN2O2S. The van der Waals surface area contributed by atoms with E-state index in [1.807, 2.05) is 35.4 Å². The van der Waals surface area contributed by atoms with E-state index in [-0.39, 0.29) is 23.9 Å². The zero-order valence-corrected chi connectivity index (χ0v) is 15.3. The average molecular weight is 373 g/mol. The van der Waals surface area contributed by atoms with Crippen LogP contribution in [-0.4, -0.2) is 41.6 Å². The number of carbonyl (C=O) groups excluding carboxylic acids is 2. The van der Waals surface area contributed by atoms with Crippen LogP contribution in [0, 0.1) is 0 Å². The predicted molar refractivity (Wildman–Crippen MR) is 100 cm³/mol. The van der Waals surface area contributed by atoms with Gasteiger partial charge in [-0.3, -0.25) is 9.59 Å². The Hall–Kier alpha value is -1.98. The molecule has 4 rings (SSSR count). The van der Waals surface area contributed by atoms with Crippen molar-refractivity contribution in [1.82, 2.24) is 4.90 Å². The maximum atomic E-state index is 12.9. The minimum absolute atomic E-state index is 0.00753. The molecule has 0 aliphatic carbocycles. The monoisotopic (exact) mass is 372 g/mol. The van der Waals surface area contributed by atoms with Crippen molar-refractivity contribution < 1.29 is 9.59 Å². The first-order chi connectivity index (χ1) is 12.1. The molecular weight excluding hydrogens is 356 g/mol. The van der Waals surface area contributed by atoms with Gasteiger partial charge in [0.25, 0.3) is 5.91 Å². The summed E-state index contributed by atoms with van der Waals surface area (Å²) in [6, 6.07) is 14.5. The van der Waals surface area contributed by atoms with E-state index in [0.29, 0.717) is 23.6 Å². The van der Waals surface area contributed by atoms with E-state index >= 15 is 0 Å². The molecule has 2 atom stereocenters. The highest BCUT2D eigenvalue weighted by Crippen LogP contribution is 2.40. The van der Waals surface area contributed by atoms with Gasteiger partial charge in [-0.05, 0) is 43.0 Å². The van der Waals surface area contributed by atoms with E-state index < -0.39 is 0 Å². The number of nitrogens with zero attached hydrogens (tertiary/aromatic N) is 2. The molecule has 2 aromatic rings. The summed E-state index contributed by atoms with van der Waals surface area (Å²) >= 11 is 7.62. The number of para-hydroxylation sites is 1. The Morgan fingerprint density at radius 2 is 2.00 bits per heavy atom. The number of benzene rings is 2. The smallest absolute Gasteiger partial charge is 0.254 e. The maximum Gasteiger partial charge on any atom is 0.254 e. The second-order valence-corrected chi connectivity index (χ2v) is 7.54. The third-order valence-electron chi connectivity index (χ3n) is 4.84. The number of anilines is 1. The van der Waals surface area contributed by atoms with E-state index in [0.717, 1.165) is 10.6 Å². The van der Waals surface area contributed by atoms with Crippen LogP contribution in [0.2, 0.25) is 5.02 Å². The topological polar surface area (TPSA) is 40.6 Å². The Balaban J connectivity index is 1.60. The Morgan fingerprint density at radius 1 is 1.20 bits per heavy atom. The number of likely N-dealkylation sites (tertiary alicyclic amines) is 1. The molecule has 0 spiro atoms. The number of hydrogen-bond donors (Lipinski definition) is 0. The lowest BCUT2D eigenvalue weighted by Gasteiger charge is -2.34. The SMILES string of the molecule is CSc1ccccc1N1C(=O)[C@@H]2C[C@H]1CN2C(=O)c1cccc(Cl)c1. The summed E-state index contributed by atoms with van der Waals surface area (Å²) < 4.78 is 0. The number of hydrogen-bond acceptors (Lipinski definition) is 3. The van der Waals surface area contributed by atoms with Crippen molar-refractivity contribution in [3.8, 4) is 0 Å². The highest BCUT2D eigenvalue weighted by molar-refractivity contribution is 7.98. The first kappa shape index (κ1) is 16.5. The van der Waals surface area contributed by atoms with Crippen LogP contribution in [0.15, 0.2) is 53.4 Å². The number of rotatable bonds is 3. The fourth-order valence-electron chi connectivity index (χ4n) is 3.73. The van der Waals surface area contributed by atoms with Gasteiger partial charge in [-0.2, -0.15) is 0 Å². The van der Waals surface area contributed by atoms with Crippen LogP contribution in [0.1, 0.15) is 16.8 Å². The minimum atomic E-state index is -0.383. The number of halogens is 1. The van der Waals surface area contributed by atoms with Crippen molar-refractivity contribution in [2.45, 2.75) is 23.4 Å². The molecule has 2 saturated heterocycles. The molecule has 0 aromatic heterocycles. The number of carbonyl (C=O) groups is 2. The Bertz CT molecular complexity index is 857. The van der Waals surface area contributed by atoms with Gasteiger partial charge < -0.3 is 9.80 Å². The zero-order chi connectivity index (χ0) is 17.6. The summed E-state index contributed by atoms with van der Waals surface area (Å²) in [5.41, 5.74) is 1.48. The third-order valence-corrected chi connectivity index (χ3v) is 5.86. The van der Waals surface area contributed by atoms with Crippen LogP contribution in [0.5, 0.6) is 0 Å². The van der Waals surface area contributed by atoms with E-state index in [4.69, 9.17) is 11.6 Å². The van der Waals surface area contributed by atoms with E-state index in [2.05, 4.69) is 0 Å². The lowest BCUT2D eigenvalue weighted by molar-refractivity contribution is -0.121. The van der Waals surface area contributed by atoms with Crippen molar-refractivity contribution in [2.24, 2.45) is 0 Å². The molecule has 128 valence electrons. The van der Waals surface area contributed by atoms with Gasteiger partial charge in [0.1, 0.15) is 6.04 Å². The largest absolute Gasteiger partial charge is 0.324 e. The molecule has 2 amide bonds. The van der Waals surface area contributed by atoms with Crippen molar-refractivity contribution in [1.29, 1.82) is 0 Å². The zero-order valence-electron chi connectivity index (χ0n) is 13.7. The van der Waals surface area contributed by atoms with E-state index in [1.165, 1.54) is 0 Å². The Labute approximate surface area is 155 Å². The van der Waals surface area contributed by atoms with Crippen molar-refractivity contribution >= 4 is 40.9 Å². The van der Waals surface area contributed by atoms with Gasteiger partial charge in [0.15, 0.2) is 0 Å². The first-order valence-electron chi connectivity index (χ1n) is 8.13. The second kappa shape index (κ2) is 6.39. The maximum absolute atomic E-state index is 12.9. The summed E-state index contributed by atoms with van der Waals surface area (Å²) in [6.07, 6.45) is 2.69. The first-order valence-corrected chi connectivity index (χ1v) is 9.73. The van der Waals surface area contributed by atoms with Gasteiger partial charge in [0.2, 0.25) is 5.91 Å². The number of piperazine rings is 1. The van der Waals surface area contributed by atoms with Crippen LogP contribution in [0.25, 0.3) is 0 Å². The summed E-state index contributed by atoms with van der Waals surface area (Å²) in [4.78, 5) is 30.4. The van der Waals surface area contributed by atoms with E-state index in [9.17, 15) is 9.59 Å². The van der Waals surface area contributed by atoms with Gasteiger partial charge in [0, 0.05) is 22.0 Å². The summed E-state index contributed by atoms with van der Waals surface area (Å²) in [6.45, 7) is 0.560. The standard InChI is InChI=1S/C19H17ClN2O2S/c1-25-17-8-3-2-7-15(17)22-14-10-16(19(22)24)21(11-14)18(23)12-5-4-6-13(20)9-12/h2-9,14,16H,10-11H2,1H3/t14-,16-/m0/s1. The minimum Gasteiger partial charge on any atom is -0.324 e. The highest BCUT2D eigenvalue weighted by atomic mass is 35.5. The quantitative estimate of drug-likeness (QED) is 0.771. The lowest BCUT2D eigenvalue weighted by Crippen LogP contribution is -2.52. The van der Waals surface area contributed by atoms with Crippen LogP contribution in [0.3, 0.4) is 0 Å². The van der Waals surface area contributed by atoms with Gasteiger partial charge in [0.05, 0.1) is 11.7 Å². The van der Waals surface area contributed by atoms with Gasteiger partial charge >= 0.3 is 0 Å². The predicted octanol–water partition coefficient (Wildman–Crippen LogP) is 3.69. The fourth-order valence-corrected chi connectivity index (χ4v) is 4.51. The molecule has 0 radical (unpaired) electrons. The van der Waals surface area contributed by atoms with Gasteiger partial charge in [-0.25, -0.2) is 0 Å². The average Bonchev–Trinajstić information content (AvgIpc) is 3.19. The molecule has 6 heteroatoms. The molecule has 2 aliphatic heterocycles. The molecule has 0 N–H and O–H groups in total. The Morgan fingerprint density at radius 3 is 2.72 bits per heavy atom. The second-order valence-electron chi connectivity index (χ2n) is 6.25. The molecule has 2 heterocycles. The number of amides is 2. The van der Waals surface area contributed by atoms with E-state index in [1.54, 1.807) is 40.9 Å². The summed E-state index contributed by atoms with van der Waals surface area (Å²) in [5.74, 6) is -0.116. The molecule has 2 fully saturated rings. The highest BCUT2D eigenvalue weighted by Gasteiger charge is 2.52. The molecule has 2 bridgehead atoms. The van der Waals surface area contributed by atoms with Crippen molar-refractivity contribution in [3.05, 3.63) is 59.1 Å². The van der Waals surface area contributed by atoms with Gasteiger partial charge in [-0.15, -0.1) is 11.8 Å². The van der Waals surface area contributed by atoms with Crippen LogP contribution in [-0.2, 0) is 4.79 Å². The third kappa shape index (κ3) is 2.71. The van der Waals surface area contributed by atoms with Crippen LogP contribution >= 0.6 is 23.4 Å². The van der Waals surface area contributed by atoms with Crippen LogP contribution in [0.4, 0.5) is 5.69 Å². The number of fused-ring (bicyclic) bond motifs is 2. The molecule has 2 aliphatic rings. The molecule has 2 aromatic carbocycles. The summed E-state index contributed by atoms with van der Waals surface area (Å²) in [5, 5.41) is 0.525. The van der Waals surface area contributed by atoms with Crippen molar-refractivity contribution in [3.63, 3.8) is 0 Å². The normalized spacial score (nSPS) is 21.9. The lowest BCUT2D eigenvalue weighted by atomic mass is 10.1. The van der Waals surface area contributed by atoms with Crippen LogP contribution < -0.4 is 4.90 Å².